The standard InChI is InChI=1S/C28H28BrN3O3/c1-5-31(6-2)19-14-15-22(24(17-19)34-7-3)28(26-21(27(33)35-28)12-10-16-30-26)25-18(4)32(29)23-13-9-8-11-20(23)25/h8-17H,5-7H2,1-4H3. The number of halogens is 1. The number of aromatic nitrogens is 2. The molecule has 180 valence electrons. The first-order valence-electron chi connectivity index (χ1n) is 12.0. The van der Waals surface area contributed by atoms with Crippen molar-refractivity contribution in [2.75, 3.05) is 24.6 Å². The average molecular weight is 534 g/mol. The first-order chi connectivity index (χ1) is 17.0. The zero-order valence-corrected chi connectivity index (χ0v) is 21.9. The van der Waals surface area contributed by atoms with E-state index in [-0.39, 0.29) is 0 Å². The highest BCUT2D eigenvalue weighted by Gasteiger charge is 2.54. The summed E-state index contributed by atoms with van der Waals surface area (Å²) in [5.74, 6) is 0.281. The van der Waals surface area contributed by atoms with E-state index in [0.717, 1.165) is 46.5 Å². The number of fused-ring (bicyclic) bond motifs is 2. The van der Waals surface area contributed by atoms with Crippen LogP contribution in [0.3, 0.4) is 0 Å². The van der Waals surface area contributed by atoms with Crippen molar-refractivity contribution in [3.63, 3.8) is 0 Å². The van der Waals surface area contributed by atoms with Gasteiger partial charge in [0.1, 0.15) is 11.4 Å². The highest BCUT2D eigenvalue weighted by Crippen LogP contribution is 2.53. The molecule has 4 aromatic rings. The van der Waals surface area contributed by atoms with Gasteiger partial charge in [0.15, 0.2) is 0 Å². The van der Waals surface area contributed by atoms with E-state index in [9.17, 15) is 4.79 Å². The predicted molar refractivity (Wildman–Crippen MR) is 142 cm³/mol. The number of esters is 1. The van der Waals surface area contributed by atoms with Crippen molar-refractivity contribution in [3.05, 3.63) is 88.9 Å². The summed E-state index contributed by atoms with van der Waals surface area (Å²) in [7, 11) is 0. The molecule has 0 bridgehead atoms. The van der Waals surface area contributed by atoms with Gasteiger partial charge in [0.25, 0.3) is 0 Å². The summed E-state index contributed by atoms with van der Waals surface area (Å²) >= 11 is 3.72. The quantitative estimate of drug-likeness (QED) is 0.264. The molecule has 1 aliphatic rings. The molecule has 0 spiro atoms. The number of benzene rings is 2. The van der Waals surface area contributed by atoms with Crippen molar-refractivity contribution in [3.8, 4) is 5.75 Å². The van der Waals surface area contributed by atoms with E-state index in [1.54, 1.807) is 18.3 Å². The van der Waals surface area contributed by atoms with Gasteiger partial charge in [-0.25, -0.2) is 4.79 Å². The number of hydrogen-bond acceptors (Lipinski definition) is 5. The number of carbonyl (C=O) groups is 1. The number of carbonyl (C=O) groups excluding carboxylic acids is 1. The largest absolute Gasteiger partial charge is 0.493 e. The second-order valence-electron chi connectivity index (χ2n) is 8.51. The van der Waals surface area contributed by atoms with Crippen LogP contribution in [0.1, 0.15) is 53.6 Å². The SMILES string of the molecule is CCOc1cc(N(CC)CC)ccc1C1(c2c(C)n(Br)c3ccccc23)OC(=O)c2cccnc21. The summed E-state index contributed by atoms with van der Waals surface area (Å²) in [4.78, 5) is 20.3. The number of anilines is 1. The summed E-state index contributed by atoms with van der Waals surface area (Å²) in [6.45, 7) is 10.5. The summed E-state index contributed by atoms with van der Waals surface area (Å²) in [5, 5.41) is 0.975. The number of nitrogens with zero attached hydrogens (tertiary/aromatic N) is 3. The molecule has 0 amide bonds. The van der Waals surface area contributed by atoms with Crippen molar-refractivity contribution in [2.45, 2.75) is 33.3 Å². The molecule has 0 saturated heterocycles. The molecule has 1 atom stereocenters. The van der Waals surface area contributed by atoms with Gasteiger partial charge in [-0.15, -0.1) is 0 Å². The first-order valence-corrected chi connectivity index (χ1v) is 12.7. The maximum absolute atomic E-state index is 13.3. The number of rotatable bonds is 7. The Morgan fingerprint density at radius 1 is 1.09 bits per heavy atom. The van der Waals surface area contributed by atoms with Crippen LogP contribution in [0.4, 0.5) is 5.69 Å². The van der Waals surface area contributed by atoms with Crippen LogP contribution in [-0.2, 0) is 10.3 Å². The predicted octanol–water partition coefficient (Wildman–Crippen LogP) is 6.21. The topological polar surface area (TPSA) is 56.6 Å². The van der Waals surface area contributed by atoms with Crippen LogP contribution in [0.2, 0.25) is 0 Å². The lowest BCUT2D eigenvalue weighted by molar-refractivity contribution is 0.0238. The molecule has 6 nitrogen and oxygen atoms in total. The van der Waals surface area contributed by atoms with Crippen LogP contribution < -0.4 is 9.64 Å². The number of pyridine rings is 1. The monoisotopic (exact) mass is 533 g/mol. The van der Waals surface area contributed by atoms with Gasteiger partial charge in [-0.2, -0.15) is 0 Å². The van der Waals surface area contributed by atoms with Crippen LogP contribution >= 0.6 is 16.1 Å². The van der Waals surface area contributed by atoms with Gasteiger partial charge in [0.2, 0.25) is 5.60 Å². The van der Waals surface area contributed by atoms with Gasteiger partial charge < -0.3 is 14.4 Å². The van der Waals surface area contributed by atoms with Crippen LogP contribution in [0.5, 0.6) is 5.75 Å². The molecule has 0 fully saturated rings. The Morgan fingerprint density at radius 2 is 1.86 bits per heavy atom. The molecule has 5 rings (SSSR count). The van der Waals surface area contributed by atoms with Crippen LogP contribution in [0.15, 0.2) is 60.8 Å². The summed E-state index contributed by atoms with van der Waals surface area (Å²) in [5.41, 5.74) is 4.37. The van der Waals surface area contributed by atoms with Crippen molar-refractivity contribution in [2.24, 2.45) is 0 Å². The van der Waals surface area contributed by atoms with Gasteiger partial charge in [0.05, 0.1) is 33.8 Å². The lowest BCUT2D eigenvalue weighted by Gasteiger charge is -2.32. The third-order valence-corrected chi connectivity index (χ3v) is 7.69. The molecular weight excluding hydrogens is 506 g/mol. The molecule has 3 heterocycles. The highest BCUT2D eigenvalue weighted by atomic mass is 79.9. The van der Waals surface area contributed by atoms with Gasteiger partial charge in [-0.05, 0) is 58.0 Å². The Balaban J connectivity index is 1.89. The van der Waals surface area contributed by atoms with Crippen LogP contribution in [0.25, 0.3) is 10.9 Å². The lowest BCUT2D eigenvalue weighted by atomic mass is 9.80. The normalized spacial score (nSPS) is 16.9. The van der Waals surface area contributed by atoms with E-state index in [4.69, 9.17) is 14.5 Å². The van der Waals surface area contributed by atoms with Crippen LogP contribution in [-0.4, -0.2) is 34.2 Å². The molecule has 0 saturated carbocycles. The zero-order valence-electron chi connectivity index (χ0n) is 20.3. The minimum Gasteiger partial charge on any atom is -0.493 e. The molecule has 1 unspecified atom stereocenters. The van der Waals surface area contributed by atoms with Gasteiger partial charge in [-0.1, -0.05) is 18.2 Å². The molecule has 0 N–H and O–H groups in total. The minimum atomic E-state index is -1.26. The second kappa shape index (κ2) is 9.04. The van der Waals surface area contributed by atoms with E-state index in [2.05, 4.69) is 47.0 Å². The number of ether oxygens (including phenoxy) is 2. The number of hydrogen-bond donors (Lipinski definition) is 0. The third-order valence-electron chi connectivity index (χ3n) is 6.77. The Morgan fingerprint density at radius 3 is 2.60 bits per heavy atom. The maximum Gasteiger partial charge on any atom is 0.341 e. The maximum atomic E-state index is 13.3. The van der Waals surface area contributed by atoms with Gasteiger partial charge in [0, 0.05) is 53.2 Å². The van der Waals surface area contributed by atoms with Gasteiger partial charge >= 0.3 is 5.97 Å². The Kier molecular flexibility index (Phi) is 6.05. The van der Waals surface area contributed by atoms with Crippen molar-refractivity contribution >= 4 is 38.7 Å². The molecule has 35 heavy (non-hydrogen) atoms. The fraction of sp³-hybridized carbons (Fsp3) is 0.286. The fourth-order valence-electron chi connectivity index (χ4n) is 5.22. The highest BCUT2D eigenvalue weighted by molar-refractivity contribution is 9.08. The first kappa shape index (κ1) is 23.4. The van der Waals surface area contributed by atoms with E-state index in [0.29, 0.717) is 23.6 Å². The molecule has 2 aromatic heterocycles. The average Bonchev–Trinajstić information content (AvgIpc) is 3.31. The minimum absolute atomic E-state index is 0.394. The molecule has 1 aliphatic heterocycles. The lowest BCUT2D eigenvalue weighted by Crippen LogP contribution is -2.32. The molecule has 7 heteroatoms. The Hall–Kier alpha value is -3.32. The van der Waals surface area contributed by atoms with Crippen molar-refractivity contribution in [1.82, 2.24) is 8.58 Å². The number of cyclic esters (lactones) is 1. The van der Waals surface area contributed by atoms with E-state index < -0.39 is 11.6 Å². The van der Waals surface area contributed by atoms with E-state index in [1.165, 1.54) is 0 Å². The van der Waals surface area contributed by atoms with E-state index in [1.807, 2.05) is 47.8 Å². The third kappa shape index (κ3) is 3.44. The Bertz CT molecular complexity index is 1430. The molecular formula is C28H28BrN3O3. The van der Waals surface area contributed by atoms with Crippen LogP contribution in [0, 0.1) is 6.92 Å². The number of para-hydroxylation sites is 1. The van der Waals surface area contributed by atoms with Gasteiger partial charge in [-0.3, -0.25) is 8.58 Å². The van der Waals surface area contributed by atoms with Crippen molar-refractivity contribution in [1.29, 1.82) is 0 Å². The molecule has 0 radical (unpaired) electrons. The Labute approximate surface area is 213 Å². The molecule has 0 aliphatic carbocycles. The second-order valence-corrected chi connectivity index (χ2v) is 9.22. The fourth-order valence-corrected chi connectivity index (χ4v) is 5.70. The van der Waals surface area contributed by atoms with Crippen molar-refractivity contribution < 1.29 is 14.3 Å². The smallest absolute Gasteiger partial charge is 0.341 e. The summed E-state index contributed by atoms with van der Waals surface area (Å²) < 4.78 is 14.6. The zero-order chi connectivity index (χ0) is 24.7. The summed E-state index contributed by atoms with van der Waals surface area (Å²) in [6, 6.07) is 17.8. The summed E-state index contributed by atoms with van der Waals surface area (Å²) in [6.07, 6.45) is 1.71. The molecule has 2 aromatic carbocycles. The van der Waals surface area contributed by atoms with E-state index >= 15 is 0 Å².